The van der Waals surface area contributed by atoms with Crippen LogP contribution in [0.1, 0.15) is 5.56 Å². The summed E-state index contributed by atoms with van der Waals surface area (Å²) < 4.78 is 5.11. The second-order valence-corrected chi connectivity index (χ2v) is 4.32. The van der Waals surface area contributed by atoms with Crippen molar-refractivity contribution in [3.63, 3.8) is 0 Å². The summed E-state index contributed by atoms with van der Waals surface area (Å²) in [6.45, 7) is 0. The maximum absolute atomic E-state index is 11.9. The van der Waals surface area contributed by atoms with Crippen molar-refractivity contribution in [3.8, 4) is 5.75 Å². The maximum atomic E-state index is 11.9. The average molecular weight is 277 g/mol. The van der Waals surface area contributed by atoms with E-state index >= 15 is 0 Å². The van der Waals surface area contributed by atoms with Crippen molar-refractivity contribution in [1.82, 2.24) is 4.98 Å². The normalized spacial score (nSPS) is 10.0. The van der Waals surface area contributed by atoms with Gasteiger partial charge in [-0.2, -0.15) is 0 Å². The van der Waals surface area contributed by atoms with Crippen LogP contribution in [0.25, 0.3) is 0 Å². The molecule has 0 aliphatic heterocycles. The third-order valence-corrected chi connectivity index (χ3v) is 2.82. The van der Waals surface area contributed by atoms with Gasteiger partial charge >= 0.3 is 0 Å². The molecule has 1 aromatic heterocycles. The van der Waals surface area contributed by atoms with Gasteiger partial charge in [0.05, 0.1) is 18.6 Å². The van der Waals surface area contributed by atoms with E-state index < -0.39 is 0 Å². The van der Waals surface area contributed by atoms with E-state index in [0.717, 1.165) is 11.3 Å². The summed E-state index contributed by atoms with van der Waals surface area (Å²) in [4.78, 5) is 15.9. The zero-order valence-electron chi connectivity index (χ0n) is 10.4. The molecular formula is C14H13ClN2O2. The zero-order valence-corrected chi connectivity index (χ0v) is 11.1. The van der Waals surface area contributed by atoms with Gasteiger partial charge in [-0.15, -0.1) is 0 Å². The van der Waals surface area contributed by atoms with E-state index in [-0.39, 0.29) is 12.3 Å². The largest absolute Gasteiger partial charge is 0.497 e. The second-order valence-electron chi connectivity index (χ2n) is 3.91. The van der Waals surface area contributed by atoms with Crippen LogP contribution in [0, 0.1) is 0 Å². The summed E-state index contributed by atoms with van der Waals surface area (Å²) in [5.74, 6) is 0.923. The van der Waals surface area contributed by atoms with Crippen LogP contribution >= 0.6 is 11.6 Å². The first kappa shape index (κ1) is 13.4. The number of benzene rings is 1. The minimum Gasteiger partial charge on any atom is -0.497 e. The van der Waals surface area contributed by atoms with Gasteiger partial charge in [-0.1, -0.05) is 23.7 Å². The lowest BCUT2D eigenvalue weighted by Crippen LogP contribution is -2.15. The number of pyridine rings is 1. The minimum atomic E-state index is -0.172. The Balaban J connectivity index is 2.03. The summed E-state index contributed by atoms with van der Waals surface area (Å²) in [7, 11) is 1.59. The van der Waals surface area contributed by atoms with Crippen LogP contribution in [0.5, 0.6) is 5.75 Å². The number of nitrogens with zero attached hydrogens (tertiary/aromatic N) is 1. The average Bonchev–Trinajstić information content (AvgIpc) is 2.41. The Morgan fingerprint density at radius 1 is 1.37 bits per heavy atom. The highest BCUT2D eigenvalue weighted by Gasteiger charge is 2.08. The van der Waals surface area contributed by atoms with E-state index in [0.29, 0.717) is 10.8 Å². The number of hydrogen-bond acceptors (Lipinski definition) is 3. The fraction of sp³-hybridized carbons (Fsp3) is 0.143. The fourth-order valence-electron chi connectivity index (χ4n) is 1.62. The molecular weight excluding hydrogens is 264 g/mol. The number of nitrogens with one attached hydrogen (secondary N) is 1. The van der Waals surface area contributed by atoms with Crippen LogP contribution in [-0.4, -0.2) is 18.0 Å². The molecule has 0 fully saturated rings. The van der Waals surface area contributed by atoms with Crippen molar-refractivity contribution >= 4 is 23.3 Å². The molecule has 0 saturated carbocycles. The number of ether oxygens (including phenoxy) is 1. The highest BCUT2D eigenvalue weighted by molar-refractivity contribution is 6.33. The molecule has 0 aliphatic carbocycles. The van der Waals surface area contributed by atoms with Crippen molar-refractivity contribution in [1.29, 1.82) is 0 Å². The number of carbonyl (C=O) groups excluding carboxylic acids is 1. The molecule has 1 N–H and O–H groups in total. The van der Waals surface area contributed by atoms with Gasteiger partial charge in [0.1, 0.15) is 5.75 Å². The molecule has 0 spiro atoms. The van der Waals surface area contributed by atoms with Gasteiger partial charge in [-0.05, 0) is 29.8 Å². The molecule has 0 atom stereocenters. The molecule has 1 amide bonds. The van der Waals surface area contributed by atoms with E-state index in [9.17, 15) is 4.79 Å². The SMILES string of the molecule is COc1cccc(CC(=O)Nc2ncccc2Cl)c1. The fourth-order valence-corrected chi connectivity index (χ4v) is 1.79. The molecule has 5 heteroatoms. The standard InChI is InChI=1S/C14H13ClN2O2/c1-19-11-5-2-4-10(8-11)9-13(18)17-14-12(15)6-3-7-16-14/h2-8H,9H2,1H3,(H,16,17,18). The number of anilines is 1. The Morgan fingerprint density at radius 3 is 2.95 bits per heavy atom. The number of aromatic nitrogens is 1. The molecule has 0 unspecified atom stereocenters. The molecule has 1 aromatic carbocycles. The first-order valence-corrected chi connectivity index (χ1v) is 6.10. The predicted molar refractivity (Wildman–Crippen MR) is 74.6 cm³/mol. The first-order valence-electron chi connectivity index (χ1n) is 5.72. The Kier molecular flexibility index (Phi) is 4.36. The van der Waals surface area contributed by atoms with Crippen LogP contribution in [-0.2, 0) is 11.2 Å². The number of hydrogen-bond donors (Lipinski definition) is 1. The summed E-state index contributed by atoms with van der Waals surface area (Å²) in [5, 5.41) is 3.09. The highest BCUT2D eigenvalue weighted by atomic mass is 35.5. The van der Waals surface area contributed by atoms with Gasteiger partial charge in [-0.25, -0.2) is 4.98 Å². The van der Waals surface area contributed by atoms with Gasteiger partial charge in [0.15, 0.2) is 5.82 Å². The molecule has 4 nitrogen and oxygen atoms in total. The quantitative estimate of drug-likeness (QED) is 0.934. The molecule has 0 radical (unpaired) electrons. The first-order chi connectivity index (χ1) is 9.19. The number of rotatable bonds is 4. The third-order valence-electron chi connectivity index (χ3n) is 2.52. The van der Waals surface area contributed by atoms with Crippen LogP contribution < -0.4 is 10.1 Å². The molecule has 0 aliphatic rings. The lowest BCUT2D eigenvalue weighted by molar-refractivity contribution is -0.115. The Morgan fingerprint density at radius 2 is 2.21 bits per heavy atom. The van der Waals surface area contributed by atoms with Crippen molar-refractivity contribution in [2.45, 2.75) is 6.42 Å². The van der Waals surface area contributed by atoms with E-state index in [1.807, 2.05) is 24.3 Å². The van der Waals surface area contributed by atoms with Crippen molar-refractivity contribution in [2.75, 3.05) is 12.4 Å². The smallest absolute Gasteiger partial charge is 0.229 e. The maximum Gasteiger partial charge on any atom is 0.229 e. The molecule has 1 heterocycles. The molecule has 98 valence electrons. The van der Waals surface area contributed by atoms with Gasteiger partial charge in [-0.3, -0.25) is 4.79 Å². The summed E-state index contributed by atoms with van der Waals surface area (Å²) in [6, 6.07) is 10.7. The summed E-state index contributed by atoms with van der Waals surface area (Å²) in [6.07, 6.45) is 1.82. The predicted octanol–water partition coefficient (Wildman–Crippen LogP) is 2.92. The van der Waals surface area contributed by atoms with Crippen LogP contribution in [0.4, 0.5) is 5.82 Å². The lowest BCUT2D eigenvalue weighted by Gasteiger charge is -2.07. The molecule has 2 rings (SSSR count). The van der Waals surface area contributed by atoms with Crippen molar-refractivity contribution < 1.29 is 9.53 Å². The van der Waals surface area contributed by atoms with Crippen LogP contribution in [0.3, 0.4) is 0 Å². The zero-order chi connectivity index (χ0) is 13.7. The van der Waals surface area contributed by atoms with Crippen LogP contribution in [0.15, 0.2) is 42.6 Å². The third kappa shape index (κ3) is 3.69. The Labute approximate surface area is 116 Å². The topological polar surface area (TPSA) is 51.2 Å². The molecule has 0 bridgehead atoms. The molecule has 2 aromatic rings. The minimum absolute atomic E-state index is 0.172. The lowest BCUT2D eigenvalue weighted by atomic mass is 10.1. The van der Waals surface area contributed by atoms with Crippen molar-refractivity contribution in [3.05, 3.63) is 53.2 Å². The number of amides is 1. The van der Waals surface area contributed by atoms with E-state index in [1.54, 1.807) is 25.4 Å². The van der Waals surface area contributed by atoms with Gasteiger partial charge in [0, 0.05) is 6.20 Å². The van der Waals surface area contributed by atoms with Gasteiger partial charge in [0.25, 0.3) is 0 Å². The summed E-state index contributed by atoms with van der Waals surface area (Å²) >= 11 is 5.92. The number of carbonyl (C=O) groups is 1. The van der Waals surface area contributed by atoms with Crippen LogP contribution in [0.2, 0.25) is 5.02 Å². The highest BCUT2D eigenvalue weighted by Crippen LogP contribution is 2.18. The Bertz CT molecular complexity index is 587. The van der Waals surface area contributed by atoms with E-state index in [2.05, 4.69) is 10.3 Å². The second kappa shape index (κ2) is 6.20. The molecule has 0 saturated heterocycles. The number of halogens is 1. The van der Waals surface area contributed by atoms with Gasteiger partial charge < -0.3 is 10.1 Å². The molecule has 19 heavy (non-hydrogen) atoms. The number of methoxy groups -OCH3 is 1. The monoisotopic (exact) mass is 276 g/mol. The van der Waals surface area contributed by atoms with Crippen molar-refractivity contribution in [2.24, 2.45) is 0 Å². The van der Waals surface area contributed by atoms with E-state index in [4.69, 9.17) is 16.3 Å². The van der Waals surface area contributed by atoms with E-state index in [1.165, 1.54) is 0 Å². The summed E-state index contributed by atoms with van der Waals surface area (Å²) in [5.41, 5.74) is 0.865. The Hall–Kier alpha value is -2.07. The van der Waals surface area contributed by atoms with Gasteiger partial charge in [0.2, 0.25) is 5.91 Å².